The van der Waals surface area contributed by atoms with Crippen LogP contribution in [0.25, 0.3) is 0 Å². The molecule has 1 aromatic carbocycles. The molecule has 3 unspecified atom stereocenters. The molecule has 0 radical (unpaired) electrons. The summed E-state index contributed by atoms with van der Waals surface area (Å²) in [6.45, 7) is 4.42. The van der Waals surface area contributed by atoms with Crippen LogP contribution in [0.1, 0.15) is 50.2 Å². The van der Waals surface area contributed by atoms with Gasteiger partial charge >= 0.3 is 0 Å². The highest BCUT2D eigenvalue weighted by Gasteiger charge is 2.29. The van der Waals surface area contributed by atoms with Gasteiger partial charge in [0.1, 0.15) is 5.75 Å². The first kappa shape index (κ1) is 15.7. The van der Waals surface area contributed by atoms with Crippen molar-refractivity contribution in [2.24, 2.45) is 11.8 Å². The van der Waals surface area contributed by atoms with Crippen LogP contribution in [-0.2, 0) is 6.42 Å². The molecule has 1 aliphatic carbocycles. The lowest BCUT2D eigenvalue weighted by molar-refractivity contribution is 0.255. The molecule has 2 rings (SSSR count). The predicted molar refractivity (Wildman–Crippen MR) is 86.8 cm³/mol. The molecule has 20 heavy (non-hydrogen) atoms. The Hall–Kier alpha value is -0.690. The van der Waals surface area contributed by atoms with Gasteiger partial charge in [-0.2, -0.15) is 0 Å². The number of rotatable bonds is 5. The SMILES string of the molecule is CCCC1CCC(Cl)C(Cc2cc(C)ccc2OC)C1. The first-order valence-corrected chi connectivity index (χ1v) is 8.35. The Labute approximate surface area is 128 Å². The summed E-state index contributed by atoms with van der Waals surface area (Å²) in [6.07, 6.45) is 7.45. The molecule has 112 valence electrons. The van der Waals surface area contributed by atoms with Gasteiger partial charge in [0.15, 0.2) is 0 Å². The van der Waals surface area contributed by atoms with Gasteiger partial charge in [-0.1, -0.05) is 37.5 Å². The molecular formula is C18H27ClO. The smallest absolute Gasteiger partial charge is 0.122 e. The van der Waals surface area contributed by atoms with E-state index in [4.69, 9.17) is 16.3 Å². The summed E-state index contributed by atoms with van der Waals surface area (Å²) in [7, 11) is 1.76. The molecule has 2 heteroatoms. The maximum atomic E-state index is 6.59. The standard InChI is InChI=1S/C18H27ClO/c1-4-5-14-7-8-17(19)15(11-14)12-16-10-13(2)6-9-18(16)20-3/h6,9-10,14-15,17H,4-5,7-8,11-12H2,1-3H3. The zero-order chi connectivity index (χ0) is 14.5. The van der Waals surface area contributed by atoms with Crippen molar-refractivity contribution in [3.8, 4) is 5.75 Å². The van der Waals surface area contributed by atoms with Gasteiger partial charge in [0.25, 0.3) is 0 Å². The molecule has 1 saturated carbocycles. The summed E-state index contributed by atoms with van der Waals surface area (Å²) in [4.78, 5) is 0. The summed E-state index contributed by atoms with van der Waals surface area (Å²) in [5.74, 6) is 2.48. The minimum atomic E-state index is 0.327. The summed E-state index contributed by atoms with van der Waals surface area (Å²) < 4.78 is 5.51. The van der Waals surface area contributed by atoms with E-state index in [-0.39, 0.29) is 0 Å². The average Bonchev–Trinajstić information content (AvgIpc) is 2.43. The van der Waals surface area contributed by atoms with Crippen molar-refractivity contribution >= 4 is 11.6 Å². The number of halogens is 1. The van der Waals surface area contributed by atoms with Crippen LogP contribution >= 0.6 is 11.6 Å². The molecule has 0 amide bonds. The molecule has 0 saturated heterocycles. The molecule has 1 fully saturated rings. The van der Waals surface area contributed by atoms with Gasteiger partial charge in [-0.3, -0.25) is 0 Å². The molecule has 1 aromatic rings. The third kappa shape index (κ3) is 3.91. The zero-order valence-electron chi connectivity index (χ0n) is 13.0. The second-order valence-electron chi connectivity index (χ2n) is 6.26. The minimum Gasteiger partial charge on any atom is -0.496 e. The van der Waals surface area contributed by atoms with Gasteiger partial charge in [-0.15, -0.1) is 11.6 Å². The van der Waals surface area contributed by atoms with E-state index in [0.717, 1.165) is 18.1 Å². The Morgan fingerprint density at radius 3 is 2.80 bits per heavy atom. The highest BCUT2D eigenvalue weighted by atomic mass is 35.5. The number of methoxy groups -OCH3 is 1. The van der Waals surface area contributed by atoms with Crippen LogP contribution < -0.4 is 4.74 Å². The van der Waals surface area contributed by atoms with Crippen LogP contribution in [-0.4, -0.2) is 12.5 Å². The second-order valence-corrected chi connectivity index (χ2v) is 6.82. The van der Waals surface area contributed by atoms with Crippen molar-refractivity contribution in [3.05, 3.63) is 29.3 Å². The number of alkyl halides is 1. The van der Waals surface area contributed by atoms with E-state index in [1.165, 1.54) is 43.2 Å². The lowest BCUT2D eigenvalue weighted by atomic mass is 9.76. The highest BCUT2D eigenvalue weighted by Crippen LogP contribution is 2.38. The van der Waals surface area contributed by atoms with Gasteiger partial charge in [-0.25, -0.2) is 0 Å². The number of hydrogen-bond donors (Lipinski definition) is 0. The first-order chi connectivity index (χ1) is 9.63. The Kier molecular flexibility index (Phi) is 5.77. The highest BCUT2D eigenvalue weighted by molar-refractivity contribution is 6.20. The topological polar surface area (TPSA) is 9.23 Å². The number of ether oxygens (including phenoxy) is 1. The van der Waals surface area contributed by atoms with Crippen LogP contribution in [0.3, 0.4) is 0 Å². The fourth-order valence-corrected chi connectivity index (χ4v) is 3.87. The third-order valence-corrected chi connectivity index (χ3v) is 5.19. The van der Waals surface area contributed by atoms with E-state index >= 15 is 0 Å². The predicted octanol–water partition coefficient (Wildman–Crippen LogP) is 5.37. The summed E-state index contributed by atoms with van der Waals surface area (Å²) >= 11 is 6.59. The van der Waals surface area contributed by atoms with Gasteiger partial charge in [0.05, 0.1) is 7.11 Å². The molecule has 0 spiro atoms. The Morgan fingerprint density at radius 1 is 1.30 bits per heavy atom. The minimum absolute atomic E-state index is 0.327. The van der Waals surface area contributed by atoms with Crippen molar-refractivity contribution < 1.29 is 4.74 Å². The molecule has 0 N–H and O–H groups in total. The van der Waals surface area contributed by atoms with Gasteiger partial charge < -0.3 is 4.74 Å². The molecule has 0 aromatic heterocycles. The quantitative estimate of drug-likeness (QED) is 0.663. The van der Waals surface area contributed by atoms with Gasteiger partial charge in [0.2, 0.25) is 0 Å². The van der Waals surface area contributed by atoms with E-state index in [2.05, 4.69) is 32.0 Å². The summed E-state index contributed by atoms with van der Waals surface area (Å²) in [6, 6.07) is 6.45. The monoisotopic (exact) mass is 294 g/mol. The van der Waals surface area contributed by atoms with Crippen molar-refractivity contribution in [1.82, 2.24) is 0 Å². The van der Waals surface area contributed by atoms with E-state index < -0.39 is 0 Å². The fraction of sp³-hybridized carbons (Fsp3) is 0.667. The number of hydrogen-bond acceptors (Lipinski definition) is 1. The van der Waals surface area contributed by atoms with E-state index in [0.29, 0.717) is 11.3 Å². The van der Waals surface area contributed by atoms with Crippen molar-refractivity contribution in [3.63, 3.8) is 0 Å². The summed E-state index contributed by atoms with van der Waals surface area (Å²) in [5.41, 5.74) is 2.62. The first-order valence-electron chi connectivity index (χ1n) is 7.91. The van der Waals surface area contributed by atoms with Crippen molar-refractivity contribution in [2.45, 2.75) is 57.7 Å². The number of aryl methyl sites for hydroxylation is 1. The number of benzene rings is 1. The lowest BCUT2D eigenvalue weighted by Crippen LogP contribution is -2.27. The molecule has 1 nitrogen and oxygen atoms in total. The average molecular weight is 295 g/mol. The zero-order valence-corrected chi connectivity index (χ0v) is 13.7. The van der Waals surface area contributed by atoms with E-state index in [9.17, 15) is 0 Å². The maximum absolute atomic E-state index is 6.59. The Bertz CT molecular complexity index is 429. The van der Waals surface area contributed by atoms with Crippen molar-refractivity contribution in [2.75, 3.05) is 7.11 Å². The third-order valence-electron chi connectivity index (χ3n) is 4.61. The molecular weight excluding hydrogens is 268 g/mol. The van der Waals surface area contributed by atoms with Gasteiger partial charge in [0, 0.05) is 5.38 Å². The maximum Gasteiger partial charge on any atom is 0.122 e. The van der Waals surface area contributed by atoms with Crippen LogP contribution in [0.5, 0.6) is 5.75 Å². The van der Waals surface area contributed by atoms with Gasteiger partial charge in [-0.05, 0) is 56.1 Å². The lowest BCUT2D eigenvalue weighted by Gasteiger charge is -2.33. The fourth-order valence-electron chi connectivity index (χ4n) is 3.56. The van der Waals surface area contributed by atoms with Crippen LogP contribution in [0.15, 0.2) is 18.2 Å². The second kappa shape index (κ2) is 7.36. The molecule has 0 heterocycles. The summed E-state index contributed by atoms with van der Waals surface area (Å²) in [5, 5.41) is 0.327. The molecule has 3 atom stereocenters. The molecule has 0 aliphatic heterocycles. The Morgan fingerprint density at radius 2 is 2.10 bits per heavy atom. The van der Waals surface area contributed by atoms with Crippen LogP contribution in [0.4, 0.5) is 0 Å². The van der Waals surface area contributed by atoms with Crippen LogP contribution in [0.2, 0.25) is 0 Å². The van der Waals surface area contributed by atoms with E-state index in [1.54, 1.807) is 7.11 Å². The largest absolute Gasteiger partial charge is 0.496 e. The normalized spacial score (nSPS) is 26.5. The van der Waals surface area contributed by atoms with E-state index in [1.807, 2.05) is 0 Å². The van der Waals surface area contributed by atoms with Crippen molar-refractivity contribution in [1.29, 1.82) is 0 Å². The Balaban J connectivity index is 2.09. The van der Waals surface area contributed by atoms with Crippen LogP contribution in [0, 0.1) is 18.8 Å². The molecule has 1 aliphatic rings. The molecule has 0 bridgehead atoms.